The molecule has 0 amide bonds. The van der Waals surface area contributed by atoms with Crippen molar-refractivity contribution in [3.63, 3.8) is 0 Å². The molecule has 23 heavy (non-hydrogen) atoms. The molecule has 116 valence electrons. The summed E-state index contributed by atoms with van der Waals surface area (Å²) in [6.45, 7) is 0. The number of nitrogens with one attached hydrogen (secondary N) is 1. The van der Waals surface area contributed by atoms with Gasteiger partial charge in [0, 0.05) is 19.0 Å². The van der Waals surface area contributed by atoms with Crippen LogP contribution in [0.15, 0.2) is 41.2 Å². The maximum Gasteiger partial charge on any atom is 0.272 e. The molecule has 3 rings (SSSR count). The number of aromatic nitrogens is 3. The van der Waals surface area contributed by atoms with E-state index in [0.29, 0.717) is 34.0 Å². The van der Waals surface area contributed by atoms with Crippen molar-refractivity contribution in [2.75, 3.05) is 0 Å². The standard InChI is InChI=1S/C16H14ClN5O/c1-22-12-6-7-13(17)21-15(12)20-11(16(22)23)8-9-2-4-10(5-3-9)14(18)19/h2-7H,8H2,1H3,(H3,18,19). The van der Waals surface area contributed by atoms with Gasteiger partial charge in [0.2, 0.25) is 0 Å². The monoisotopic (exact) mass is 327 g/mol. The summed E-state index contributed by atoms with van der Waals surface area (Å²) in [6, 6.07) is 10.5. The number of hydrogen-bond acceptors (Lipinski definition) is 4. The van der Waals surface area contributed by atoms with Crippen LogP contribution in [0.3, 0.4) is 0 Å². The predicted molar refractivity (Wildman–Crippen MR) is 90.1 cm³/mol. The van der Waals surface area contributed by atoms with Crippen LogP contribution in [-0.4, -0.2) is 20.4 Å². The van der Waals surface area contributed by atoms with E-state index < -0.39 is 0 Å². The number of aryl methyl sites for hydroxylation is 1. The molecule has 0 radical (unpaired) electrons. The van der Waals surface area contributed by atoms with Crippen LogP contribution < -0.4 is 11.3 Å². The second-order valence-corrected chi connectivity index (χ2v) is 5.57. The van der Waals surface area contributed by atoms with Gasteiger partial charge < -0.3 is 10.3 Å². The number of amidine groups is 1. The average molecular weight is 328 g/mol. The minimum absolute atomic E-state index is 0.00939. The van der Waals surface area contributed by atoms with E-state index in [9.17, 15) is 4.79 Å². The second kappa shape index (κ2) is 5.81. The molecule has 0 aliphatic carbocycles. The number of halogens is 1. The summed E-state index contributed by atoms with van der Waals surface area (Å²) in [5.41, 5.74) is 8.28. The maximum absolute atomic E-state index is 12.4. The molecule has 0 bridgehead atoms. The molecule has 0 fully saturated rings. The number of rotatable bonds is 3. The molecule has 7 heteroatoms. The van der Waals surface area contributed by atoms with E-state index in [1.807, 2.05) is 12.1 Å². The normalized spacial score (nSPS) is 10.9. The Bertz CT molecular complexity index is 963. The highest BCUT2D eigenvalue weighted by atomic mass is 35.5. The Morgan fingerprint density at radius 3 is 2.57 bits per heavy atom. The molecule has 0 atom stereocenters. The first-order chi connectivity index (χ1) is 11.0. The molecule has 2 aromatic heterocycles. The van der Waals surface area contributed by atoms with Crippen molar-refractivity contribution in [1.82, 2.24) is 14.5 Å². The molecule has 0 spiro atoms. The zero-order chi connectivity index (χ0) is 16.6. The average Bonchev–Trinajstić information content (AvgIpc) is 2.52. The number of fused-ring (bicyclic) bond motifs is 1. The summed E-state index contributed by atoms with van der Waals surface area (Å²) < 4.78 is 1.52. The van der Waals surface area contributed by atoms with Crippen molar-refractivity contribution in [3.05, 3.63) is 68.7 Å². The Balaban J connectivity index is 2.04. The van der Waals surface area contributed by atoms with Gasteiger partial charge in [0.15, 0.2) is 5.65 Å². The summed E-state index contributed by atoms with van der Waals surface area (Å²) in [4.78, 5) is 21.0. The molecule has 0 aliphatic rings. The second-order valence-electron chi connectivity index (χ2n) is 5.19. The first kappa shape index (κ1) is 15.2. The summed E-state index contributed by atoms with van der Waals surface area (Å²) in [7, 11) is 1.68. The summed E-state index contributed by atoms with van der Waals surface area (Å²) in [5.74, 6) is 0.00939. The lowest BCUT2D eigenvalue weighted by Crippen LogP contribution is -2.24. The first-order valence-electron chi connectivity index (χ1n) is 6.91. The predicted octanol–water partition coefficient (Wildman–Crippen LogP) is 1.86. The van der Waals surface area contributed by atoms with Gasteiger partial charge in [-0.1, -0.05) is 35.9 Å². The van der Waals surface area contributed by atoms with E-state index in [-0.39, 0.29) is 11.4 Å². The van der Waals surface area contributed by atoms with E-state index in [4.69, 9.17) is 22.7 Å². The molecular formula is C16H14ClN5O. The van der Waals surface area contributed by atoms with Crippen molar-refractivity contribution < 1.29 is 0 Å². The zero-order valence-electron chi connectivity index (χ0n) is 12.4. The lowest BCUT2D eigenvalue weighted by Gasteiger charge is -2.08. The van der Waals surface area contributed by atoms with E-state index in [1.54, 1.807) is 31.3 Å². The van der Waals surface area contributed by atoms with Crippen molar-refractivity contribution in [2.45, 2.75) is 6.42 Å². The van der Waals surface area contributed by atoms with Gasteiger partial charge in [-0.15, -0.1) is 0 Å². The summed E-state index contributed by atoms with van der Waals surface area (Å²) >= 11 is 5.90. The molecule has 0 aliphatic heterocycles. The van der Waals surface area contributed by atoms with E-state index in [2.05, 4.69) is 9.97 Å². The highest BCUT2D eigenvalue weighted by Crippen LogP contribution is 2.13. The van der Waals surface area contributed by atoms with E-state index in [0.717, 1.165) is 5.56 Å². The fourth-order valence-electron chi connectivity index (χ4n) is 2.35. The number of pyridine rings is 1. The quantitative estimate of drug-likeness (QED) is 0.436. The van der Waals surface area contributed by atoms with Crippen LogP contribution in [0.4, 0.5) is 0 Å². The molecule has 0 saturated carbocycles. The number of nitrogen functional groups attached to an aromatic ring is 1. The van der Waals surface area contributed by atoms with Gasteiger partial charge in [-0.3, -0.25) is 10.2 Å². The van der Waals surface area contributed by atoms with Crippen LogP contribution >= 0.6 is 11.6 Å². The lowest BCUT2D eigenvalue weighted by atomic mass is 10.1. The van der Waals surface area contributed by atoms with Crippen molar-refractivity contribution in [2.24, 2.45) is 12.8 Å². The molecule has 6 nitrogen and oxygen atoms in total. The molecule has 3 aromatic rings. The number of benzene rings is 1. The fraction of sp³-hybridized carbons (Fsp3) is 0.125. The SMILES string of the molecule is Cn1c(=O)c(Cc2ccc(C(=N)N)cc2)nc2nc(Cl)ccc21. The zero-order valence-corrected chi connectivity index (χ0v) is 13.1. The van der Waals surface area contributed by atoms with Gasteiger partial charge in [0.05, 0.1) is 5.52 Å². The molecular weight excluding hydrogens is 314 g/mol. The Morgan fingerprint density at radius 1 is 1.22 bits per heavy atom. The fourth-order valence-corrected chi connectivity index (χ4v) is 2.49. The highest BCUT2D eigenvalue weighted by molar-refractivity contribution is 6.29. The van der Waals surface area contributed by atoms with Crippen LogP contribution in [-0.2, 0) is 13.5 Å². The van der Waals surface area contributed by atoms with Gasteiger partial charge in [-0.05, 0) is 17.7 Å². The molecule has 0 saturated heterocycles. The first-order valence-corrected chi connectivity index (χ1v) is 7.29. The summed E-state index contributed by atoms with van der Waals surface area (Å²) in [5, 5.41) is 7.72. The van der Waals surface area contributed by atoms with E-state index >= 15 is 0 Å². The third-order valence-electron chi connectivity index (χ3n) is 3.61. The number of hydrogen-bond donors (Lipinski definition) is 2. The number of nitrogens with zero attached hydrogens (tertiary/aromatic N) is 3. The largest absolute Gasteiger partial charge is 0.384 e. The topological polar surface area (TPSA) is 97.7 Å². The summed E-state index contributed by atoms with van der Waals surface area (Å²) in [6.07, 6.45) is 0.370. The lowest BCUT2D eigenvalue weighted by molar-refractivity contribution is 0.850. The Morgan fingerprint density at radius 2 is 1.91 bits per heavy atom. The van der Waals surface area contributed by atoms with Crippen LogP contribution in [0.25, 0.3) is 11.2 Å². The van der Waals surface area contributed by atoms with Gasteiger partial charge in [0.1, 0.15) is 16.7 Å². The molecule has 1 aromatic carbocycles. The van der Waals surface area contributed by atoms with Crippen molar-refractivity contribution in [3.8, 4) is 0 Å². The highest BCUT2D eigenvalue weighted by Gasteiger charge is 2.11. The molecule has 0 unspecified atom stereocenters. The molecule has 3 N–H and O–H groups in total. The van der Waals surface area contributed by atoms with Crippen LogP contribution in [0.1, 0.15) is 16.8 Å². The third kappa shape index (κ3) is 2.93. The van der Waals surface area contributed by atoms with Gasteiger partial charge in [0.25, 0.3) is 5.56 Å². The Kier molecular flexibility index (Phi) is 3.83. The van der Waals surface area contributed by atoms with Crippen LogP contribution in [0.5, 0.6) is 0 Å². The number of nitrogens with two attached hydrogens (primary N) is 1. The molecule has 2 heterocycles. The van der Waals surface area contributed by atoms with Crippen molar-refractivity contribution >= 4 is 28.6 Å². The minimum atomic E-state index is -0.169. The van der Waals surface area contributed by atoms with Gasteiger partial charge in [-0.25, -0.2) is 9.97 Å². The smallest absolute Gasteiger partial charge is 0.272 e. The van der Waals surface area contributed by atoms with Crippen LogP contribution in [0.2, 0.25) is 5.15 Å². The van der Waals surface area contributed by atoms with Gasteiger partial charge >= 0.3 is 0 Å². The minimum Gasteiger partial charge on any atom is -0.384 e. The van der Waals surface area contributed by atoms with E-state index in [1.165, 1.54) is 4.57 Å². The van der Waals surface area contributed by atoms with Crippen LogP contribution in [0, 0.1) is 5.41 Å². The maximum atomic E-state index is 12.4. The van der Waals surface area contributed by atoms with Gasteiger partial charge in [-0.2, -0.15) is 0 Å². The Hall–Kier alpha value is -2.73. The Labute approximate surface area is 137 Å². The third-order valence-corrected chi connectivity index (χ3v) is 3.82. The van der Waals surface area contributed by atoms with Crippen molar-refractivity contribution in [1.29, 1.82) is 5.41 Å².